The molecule has 0 bridgehead atoms. The number of likely N-dealkylation sites (tertiary alicyclic amines) is 1. The predicted molar refractivity (Wildman–Crippen MR) is 116 cm³/mol. The van der Waals surface area contributed by atoms with Crippen LogP contribution in [0.5, 0.6) is 0 Å². The summed E-state index contributed by atoms with van der Waals surface area (Å²) in [7, 11) is 0. The SMILES string of the molecule is Cc1cc(C(=O)N2CCC(NC(=O)Nc3ccccc3)CC2)nn1-c1ccccc1. The number of carbonyl (C=O) groups excluding carboxylic acids is 2. The minimum absolute atomic E-state index is 0.0429. The Bertz CT molecular complexity index is 1010. The van der Waals surface area contributed by atoms with Gasteiger partial charge in [-0.1, -0.05) is 36.4 Å². The average molecular weight is 403 g/mol. The molecule has 2 aromatic carbocycles. The van der Waals surface area contributed by atoms with Gasteiger partial charge in [0.05, 0.1) is 5.69 Å². The summed E-state index contributed by atoms with van der Waals surface area (Å²) in [5.74, 6) is -0.0695. The molecule has 3 aromatic rings. The number of aromatic nitrogens is 2. The van der Waals surface area contributed by atoms with E-state index in [1.165, 1.54) is 0 Å². The minimum Gasteiger partial charge on any atom is -0.337 e. The quantitative estimate of drug-likeness (QED) is 0.698. The Labute approximate surface area is 175 Å². The summed E-state index contributed by atoms with van der Waals surface area (Å²) in [6.07, 6.45) is 1.43. The fourth-order valence-corrected chi connectivity index (χ4v) is 3.67. The summed E-state index contributed by atoms with van der Waals surface area (Å²) >= 11 is 0. The van der Waals surface area contributed by atoms with E-state index in [4.69, 9.17) is 0 Å². The van der Waals surface area contributed by atoms with E-state index in [9.17, 15) is 9.59 Å². The lowest BCUT2D eigenvalue weighted by molar-refractivity contribution is 0.0702. The van der Waals surface area contributed by atoms with Gasteiger partial charge in [-0.25, -0.2) is 9.48 Å². The number of hydrogen-bond donors (Lipinski definition) is 2. The summed E-state index contributed by atoms with van der Waals surface area (Å²) < 4.78 is 1.79. The molecule has 3 amide bonds. The van der Waals surface area contributed by atoms with E-state index in [2.05, 4.69) is 15.7 Å². The number of hydrogen-bond acceptors (Lipinski definition) is 3. The maximum atomic E-state index is 12.9. The number of carbonyl (C=O) groups is 2. The summed E-state index contributed by atoms with van der Waals surface area (Å²) in [6, 6.07) is 20.8. The van der Waals surface area contributed by atoms with Gasteiger partial charge in [0.2, 0.25) is 0 Å². The number of amides is 3. The predicted octanol–water partition coefficient (Wildman–Crippen LogP) is 3.61. The highest BCUT2D eigenvalue weighted by molar-refractivity contribution is 5.92. The fraction of sp³-hybridized carbons (Fsp3) is 0.261. The Hall–Kier alpha value is -3.61. The smallest absolute Gasteiger partial charge is 0.319 e. The van der Waals surface area contributed by atoms with Crippen molar-refractivity contribution in [2.75, 3.05) is 18.4 Å². The van der Waals surface area contributed by atoms with Crippen LogP contribution in [0, 0.1) is 6.92 Å². The van der Waals surface area contributed by atoms with Gasteiger partial charge in [-0.3, -0.25) is 4.79 Å². The largest absolute Gasteiger partial charge is 0.337 e. The van der Waals surface area contributed by atoms with Gasteiger partial charge in [0.1, 0.15) is 0 Å². The first-order valence-corrected chi connectivity index (χ1v) is 10.1. The first-order valence-electron chi connectivity index (χ1n) is 10.1. The molecule has 4 rings (SSSR count). The normalized spacial score (nSPS) is 14.4. The number of para-hydroxylation sites is 2. The first-order chi connectivity index (χ1) is 14.6. The van der Waals surface area contributed by atoms with Crippen molar-refractivity contribution in [2.24, 2.45) is 0 Å². The number of rotatable bonds is 4. The molecule has 7 heteroatoms. The molecule has 0 spiro atoms. The zero-order valence-corrected chi connectivity index (χ0v) is 16.9. The van der Waals surface area contributed by atoms with Gasteiger partial charge in [-0.15, -0.1) is 0 Å². The monoisotopic (exact) mass is 403 g/mol. The molecular weight excluding hydrogens is 378 g/mol. The van der Waals surface area contributed by atoms with Crippen molar-refractivity contribution in [3.8, 4) is 5.69 Å². The van der Waals surface area contributed by atoms with E-state index in [0.717, 1.165) is 17.1 Å². The maximum Gasteiger partial charge on any atom is 0.319 e. The standard InChI is InChI=1S/C23H25N5O2/c1-17-16-21(26-28(17)20-10-6-3-7-11-20)22(29)27-14-12-19(13-15-27)25-23(30)24-18-8-4-2-5-9-18/h2-11,16,19H,12-15H2,1H3,(H2,24,25,30). The highest BCUT2D eigenvalue weighted by Gasteiger charge is 2.26. The summed E-state index contributed by atoms with van der Waals surface area (Å²) in [6.45, 7) is 3.12. The van der Waals surface area contributed by atoms with Gasteiger partial charge in [-0.2, -0.15) is 5.10 Å². The molecule has 1 aliphatic rings. The zero-order chi connectivity index (χ0) is 20.9. The van der Waals surface area contributed by atoms with Crippen LogP contribution in [-0.2, 0) is 0 Å². The van der Waals surface area contributed by atoms with Crippen LogP contribution in [0.3, 0.4) is 0 Å². The Kier molecular flexibility index (Phi) is 5.79. The molecule has 0 aliphatic carbocycles. The van der Waals surface area contributed by atoms with E-state index in [-0.39, 0.29) is 18.0 Å². The molecule has 7 nitrogen and oxygen atoms in total. The summed E-state index contributed by atoms with van der Waals surface area (Å²) in [5.41, 5.74) is 3.05. The summed E-state index contributed by atoms with van der Waals surface area (Å²) in [4.78, 5) is 26.9. The third kappa shape index (κ3) is 4.51. The Balaban J connectivity index is 1.32. The third-order valence-corrected chi connectivity index (χ3v) is 5.26. The molecule has 1 saturated heterocycles. The van der Waals surface area contributed by atoms with Crippen LogP contribution in [0.1, 0.15) is 29.0 Å². The first kappa shape index (κ1) is 19.7. The van der Waals surface area contributed by atoms with E-state index >= 15 is 0 Å². The topological polar surface area (TPSA) is 79.3 Å². The molecular formula is C23H25N5O2. The van der Waals surface area contributed by atoms with Gasteiger partial charge in [0.25, 0.3) is 5.91 Å². The van der Waals surface area contributed by atoms with E-state index < -0.39 is 0 Å². The molecule has 0 atom stereocenters. The van der Waals surface area contributed by atoms with Gasteiger partial charge in [0, 0.05) is 30.5 Å². The van der Waals surface area contributed by atoms with Crippen LogP contribution in [0.4, 0.5) is 10.5 Å². The zero-order valence-electron chi connectivity index (χ0n) is 16.9. The number of piperidine rings is 1. The number of nitrogens with zero attached hydrogens (tertiary/aromatic N) is 3. The minimum atomic E-state index is -0.219. The molecule has 2 N–H and O–H groups in total. The molecule has 0 radical (unpaired) electrons. The lowest BCUT2D eigenvalue weighted by Crippen LogP contribution is -2.47. The van der Waals surface area contributed by atoms with Crippen molar-refractivity contribution in [3.63, 3.8) is 0 Å². The van der Waals surface area contributed by atoms with Crippen molar-refractivity contribution >= 4 is 17.6 Å². The van der Waals surface area contributed by atoms with Crippen LogP contribution < -0.4 is 10.6 Å². The Morgan fingerprint density at radius 3 is 2.27 bits per heavy atom. The average Bonchev–Trinajstić information content (AvgIpc) is 3.16. The van der Waals surface area contributed by atoms with Crippen LogP contribution >= 0.6 is 0 Å². The Morgan fingerprint density at radius 1 is 0.967 bits per heavy atom. The molecule has 1 aromatic heterocycles. The third-order valence-electron chi connectivity index (χ3n) is 5.26. The lowest BCUT2D eigenvalue weighted by atomic mass is 10.0. The van der Waals surface area contributed by atoms with E-state index in [1.54, 1.807) is 4.68 Å². The van der Waals surface area contributed by atoms with Crippen LogP contribution in [-0.4, -0.2) is 45.8 Å². The number of anilines is 1. The number of benzene rings is 2. The lowest BCUT2D eigenvalue weighted by Gasteiger charge is -2.32. The molecule has 0 unspecified atom stereocenters. The van der Waals surface area contributed by atoms with Gasteiger partial charge < -0.3 is 15.5 Å². The second kappa shape index (κ2) is 8.82. The van der Waals surface area contributed by atoms with Gasteiger partial charge >= 0.3 is 6.03 Å². The number of aryl methyl sites for hydroxylation is 1. The van der Waals surface area contributed by atoms with Gasteiger partial charge in [0.15, 0.2) is 5.69 Å². The number of nitrogens with one attached hydrogen (secondary N) is 2. The second-order valence-electron chi connectivity index (χ2n) is 7.45. The van der Waals surface area contributed by atoms with Crippen molar-refractivity contribution < 1.29 is 9.59 Å². The second-order valence-corrected chi connectivity index (χ2v) is 7.45. The van der Waals surface area contributed by atoms with Gasteiger partial charge in [-0.05, 0) is 50.1 Å². The van der Waals surface area contributed by atoms with Crippen molar-refractivity contribution in [1.29, 1.82) is 0 Å². The number of urea groups is 1. The molecule has 1 aliphatic heterocycles. The molecule has 2 heterocycles. The van der Waals surface area contributed by atoms with E-state index in [1.807, 2.05) is 78.6 Å². The highest BCUT2D eigenvalue weighted by Crippen LogP contribution is 2.17. The van der Waals surface area contributed by atoms with Crippen LogP contribution in [0.2, 0.25) is 0 Å². The van der Waals surface area contributed by atoms with E-state index in [0.29, 0.717) is 31.6 Å². The fourth-order valence-electron chi connectivity index (χ4n) is 3.67. The maximum absolute atomic E-state index is 12.9. The summed E-state index contributed by atoms with van der Waals surface area (Å²) in [5, 5.41) is 10.3. The van der Waals surface area contributed by atoms with Crippen molar-refractivity contribution in [2.45, 2.75) is 25.8 Å². The molecule has 30 heavy (non-hydrogen) atoms. The van der Waals surface area contributed by atoms with Crippen molar-refractivity contribution in [1.82, 2.24) is 20.0 Å². The molecule has 154 valence electrons. The Morgan fingerprint density at radius 2 is 1.60 bits per heavy atom. The van der Waals surface area contributed by atoms with Crippen LogP contribution in [0.15, 0.2) is 66.7 Å². The molecule has 1 fully saturated rings. The highest BCUT2D eigenvalue weighted by atomic mass is 16.2. The van der Waals surface area contributed by atoms with Crippen LogP contribution in [0.25, 0.3) is 5.69 Å². The molecule has 0 saturated carbocycles. The van der Waals surface area contributed by atoms with Crippen molar-refractivity contribution in [3.05, 3.63) is 78.1 Å².